The van der Waals surface area contributed by atoms with Gasteiger partial charge in [0, 0.05) is 22.6 Å². The smallest absolute Gasteiger partial charge is 0.0704 e. The van der Waals surface area contributed by atoms with Gasteiger partial charge in [0.25, 0.3) is 0 Å². The van der Waals surface area contributed by atoms with Crippen LogP contribution in [0.3, 0.4) is 0 Å². The van der Waals surface area contributed by atoms with Gasteiger partial charge in [-0.25, -0.2) is 0 Å². The van der Waals surface area contributed by atoms with Crippen molar-refractivity contribution < 1.29 is 0 Å². The van der Waals surface area contributed by atoms with Gasteiger partial charge in [0.1, 0.15) is 0 Å². The topological polar surface area (TPSA) is 38.9 Å². The van der Waals surface area contributed by atoms with E-state index in [4.69, 9.17) is 17.3 Å². The molecule has 1 atom stereocenters. The molecule has 0 saturated heterocycles. The first-order valence-corrected chi connectivity index (χ1v) is 6.95. The van der Waals surface area contributed by atoms with Gasteiger partial charge in [-0.2, -0.15) is 0 Å². The molecule has 1 unspecified atom stereocenters. The molecule has 0 saturated carbocycles. The Morgan fingerprint density at radius 3 is 2.75 bits per heavy atom. The lowest BCUT2D eigenvalue weighted by Crippen LogP contribution is -2.13. The maximum atomic E-state index is 6.31. The molecule has 0 fully saturated rings. The summed E-state index contributed by atoms with van der Waals surface area (Å²) in [5, 5.41) is 1.88. The molecule has 1 heterocycles. The maximum absolute atomic E-state index is 6.31. The molecule has 3 heteroatoms. The van der Waals surface area contributed by atoms with Crippen LogP contribution in [0, 0.1) is 0 Å². The Labute approximate surface area is 123 Å². The molecule has 0 aliphatic rings. The zero-order chi connectivity index (χ0) is 13.9. The summed E-state index contributed by atoms with van der Waals surface area (Å²) in [5.74, 6) is 0. The van der Waals surface area contributed by atoms with Crippen molar-refractivity contribution in [3.63, 3.8) is 0 Å². The number of hydrogen-bond donors (Lipinski definition) is 1. The van der Waals surface area contributed by atoms with Gasteiger partial charge in [-0.15, -0.1) is 0 Å². The molecule has 1 aromatic heterocycles. The van der Waals surface area contributed by atoms with Crippen molar-refractivity contribution in [1.82, 2.24) is 4.98 Å². The molecule has 3 rings (SSSR count). The van der Waals surface area contributed by atoms with Crippen molar-refractivity contribution in [3.8, 4) is 0 Å². The minimum atomic E-state index is -0.0699. The molecule has 0 amide bonds. The number of pyridine rings is 1. The third kappa shape index (κ3) is 2.67. The summed E-state index contributed by atoms with van der Waals surface area (Å²) in [4.78, 5) is 4.37. The molecular formula is C17H15ClN2. The highest BCUT2D eigenvalue weighted by molar-refractivity contribution is 6.30. The molecule has 0 aliphatic carbocycles. The number of halogens is 1. The fraction of sp³-hybridized carbons (Fsp3) is 0.118. The van der Waals surface area contributed by atoms with Crippen molar-refractivity contribution >= 4 is 22.5 Å². The van der Waals surface area contributed by atoms with E-state index in [0.29, 0.717) is 0 Å². The zero-order valence-corrected chi connectivity index (χ0v) is 11.7. The van der Waals surface area contributed by atoms with Crippen LogP contribution >= 0.6 is 11.6 Å². The van der Waals surface area contributed by atoms with E-state index in [0.717, 1.165) is 27.9 Å². The van der Waals surface area contributed by atoms with E-state index in [1.165, 1.54) is 5.56 Å². The summed E-state index contributed by atoms with van der Waals surface area (Å²) in [7, 11) is 0. The quantitative estimate of drug-likeness (QED) is 0.784. The normalized spacial score (nSPS) is 12.5. The summed E-state index contributed by atoms with van der Waals surface area (Å²) >= 11 is 6.02. The van der Waals surface area contributed by atoms with Gasteiger partial charge in [0.2, 0.25) is 0 Å². The van der Waals surface area contributed by atoms with Gasteiger partial charge in [-0.1, -0.05) is 41.9 Å². The average Bonchev–Trinajstić information content (AvgIpc) is 2.47. The molecule has 0 bridgehead atoms. The highest BCUT2D eigenvalue weighted by Gasteiger charge is 2.10. The molecule has 20 heavy (non-hydrogen) atoms. The maximum Gasteiger partial charge on any atom is 0.0704 e. The third-order valence-electron chi connectivity index (χ3n) is 3.46. The molecule has 2 nitrogen and oxygen atoms in total. The summed E-state index contributed by atoms with van der Waals surface area (Å²) in [6.45, 7) is 0. The van der Waals surface area contributed by atoms with Crippen LogP contribution < -0.4 is 5.73 Å². The van der Waals surface area contributed by atoms with Crippen molar-refractivity contribution in [2.75, 3.05) is 0 Å². The van der Waals surface area contributed by atoms with Gasteiger partial charge in [-0.3, -0.25) is 4.98 Å². The van der Waals surface area contributed by atoms with Gasteiger partial charge >= 0.3 is 0 Å². The average molecular weight is 283 g/mol. The number of aromatic nitrogens is 1. The van der Waals surface area contributed by atoms with Crippen LogP contribution in [-0.2, 0) is 6.42 Å². The van der Waals surface area contributed by atoms with Crippen molar-refractivity contribution in [1.29, 1.82) is 0 Å². The highest BCUT2D eigenvalue weighted by atomic mass is 35.5. The second kappa shape index (κ2) is 5.61. The first kappa shape index (κ1) is 13.1. The minimum Gasteiger partial charge on any atom is -0.324 e. The fourth-order valence-electron chi connectivity index (χ4n) is 2.43. The van der Waals surface area contributed by atoms with E-state index < -0.39 is 0 Å². The highest BCUT2D eigenvalue weighted by Crippen LogP contribution is 2.23. The number of benzene rings is 2. The first-order chi connectivity index (χ1) is 9.74. The lowest BCUT2D eigenvalue weighted by atomic mass is 9.97. The molecule has 100 valence electrons. The van der Waals surface area contributed by atoms with Gasteiger partial charge < -0.3 is 5.73 Å². The van der Waals surface area contributed by atoms with E-state index in [1.54, 1.807) is 0 Å². The number of fused-ring (bicyclic) bond motifs is 1. The molecular weight excluding hydrogens is 268 g/mol. The standard InChI is InChI=1S/C17H15ClN2/c18-14-5-3-4-13(10-14)16(19)11-12-8-9-20-17-7-2-1-6-15(12)17/h1-10,16H,11,19H2. The Morgan fingerprint density at radius 1 is 1.05 bits per heavy atom. The second-order valence-electron chi connectivity index (χ2n) is 4.85. The zero-order valence-electron chi connectivity index (χ0n) is 11.0. The first-order valence-electron chi connectivity index (χ1n) is 6.58. The largest absolute Gasteiger partial charge is 0.324 e. The molecule has 0 spiro atoms. The Morgan fingerprint density at radius 2 is 1.90 bits per heavy atom. The SMILES string of the molecule is NC(Cc1ccnc2ccccc12)c1cccc(Cl)c1. The summed E-state index contributed by atoms with van der Waals surface area (Å²) in [6.07, 6.45) is 2.60. The Hall–Kier alpha value is -1.90. The van der Waals surface area contributed by atoms with Crippen LogP contribution in [0.2, 0.25) is 5.02 Å². The van der Waals surface area contributed by atoms with Crippen LogP contribution in [0.4, 0.5) is 0 Å². The van der Waals surface area contributed by atoms with Crippen LogP contribution in [0.15, 0.2) is 60.8 Å². The van der Waals surface area contributed by atoms with Crippen LogP contribution in [0.1, 0.15) is 17.2 Å². The molecule has 2 aromatic carbocycles. The third-order valence-corrected chi connectivity index (χ3v) is 3.69. The lowest BCUT2D eigenvalue weighted by molar-refractivity contribution is 0.725. The van der Waals surface area contributed by atoms with Gasteiger partial charge in [-0.05, 0) is 41.8 Å². The van der Waals surface area contributed by atoms with E-state index in [2.05, 4.69) is 11.1 Å². The van der Waals surface area contributed by atoms with E-state index >= 15 is 0 Å². The van der Waals surface area contributed by atoms with Crippen molar-refractivity contribution in [2.45, 2.75) is 12.5 Å². The monoisotopic (exact) mass is 282 g/mol. The number of rotatable bonds is 3. The van der Waals surface area contributed by atoms with E-state index in [-0.39, 0.29) is 6.04 Å². The Balaban J connectivity index is 1.93. The number of nitrogens with two attached hydrogens (primary N) is 1. The van der Waals surface area contributed by atoms with Crippen molar-refractivity contribution in [3.05, 3.63) is 76.9 Å². The number of hydrogen-bond acceptors (Lipinski definition) is 2. The molecule has 0 aliphatic heterocycles. The number of nitrogens with zero attached hydrogens (tertiary/aromatic N) is 1. The van der Waals surface area contributed by atoms with Gasteiger partial charge in [0.05, 0.1) is 5.52 Å². The van der Waals surface area contributed by atoms with Crippen LogP contribution in [-0.4, -0.2) is 4.98 Å². The Bertz CT molecular complexity index is 734. The van der Waals surface area contributed by atoms with Crippen LogP contribution in [0.25, 0.3) is 10.9 Å². The summed E-state index contributed by atoms with van der Waals surface area (Å²) < 4.78 is 0. The number of para-hydroxylation sites is 1. The lowest BCUT2D eigenvalue weighted by Gasteiger charge is -2.14. The minimum absolute atomic E-state index is 0.0699. The van der Waals surface area contributed by atoms with Crippen molar-refractivity contribution in [2.24, 2.45) is 5.73 Å². The Kier molecular flexibility index (Phi) is 3.68. The molecule has 2 N–H and O–H groups in total. The van der Waals surface area contributed by atoms with E-state index in [1.807, 2.05) is 54.7 Å². The van der Waals surface area contributed by atoms with Crippen LogP contribution in [0.5, 0.6) is 0 Å². The predicted molar refractivity (Wildman–Crippen MR) is 83.8 cm³/mol. The van der Waals surface area contributed by atoms with Gasteiger partial charge in [0.15, 0.2) is 0 Å². The fourth-order valence-corrected chi connectivity index (χ4v) is 2.62. The van der Waals surface area contributed by atoms with E-state index in [9.17, 15) is 0 Å². The summed E-state index contributed by atoms with van der Waals surface area (Å²) in [5.41, 5.74) is 9.58. The molecule has 3 aromatic rings. The molecule has 0 radical (unpaired) electrons. The second-order valence-corrected chi connectivity index (χ2v) is 5.29. The summed E-state index contributed by atoms with van der Waals surface area (Å²) in [6, 6.07) is 17.8. The predicted octanol–water partition coefficient (Wildman–Crippen LogP) is 4.13.